The molecule has 1 heterocycles. The zero-order chi connectivity index (χ0) is 16.3. The number of rotatable bonds is 4. The molecule has 0 aliphatic carbocycles. The summed E-state index contributed by atoms with van der Waals surface area (Å²) in [5.74, 6) is -0.187. The quantitative estimate of drug-likeness (QED) is 0.868. The van der Waals surface area contributed by atoms with E-state index in [1.165, 1.54) is 9.87 Å². The van der Waals surface area contributed by atoms with Gasteiger partial charge in [0.2, 0.25) is 5.91 Å². The first-order valence-electron chi connectivity index (χ1n) is 7.42. The summed E-state index contributed by atoms with van der Waals surface area (Å²) >= 11 is 0. The molecule has 2 rings (SSSR count). The SMILES string of the molecule is Cc1ccc([C@@H](C)NC(=O)C2CCN(S(N)(=O)=O)CC2)cc1. The van der Waals surface area contributed by atoms with E-state index in [4.69, 9.17) is 5.14 Å². The summed E-state index contributed by atoms with van der Waals surface area (Å²) in [7, 11) is -3.64. The number of nitrogens with zero attached hydrogens (tertiary/aromatic N) is 1. The standard InChI is InChI=1S/C15H23N3O3S/c1-11-3-5-13(6-4-11)12(2)17-15(19)14-7-9-18(10-8-14)22(16,20)21/h3-6,12,14H,7-10H2,1-2H3,(H,17,19)(H2,16,20,21)/t12-/m1/s1. The van der Waals surface area contributed by atoms with Crippen molar-refractivity contribution < 1.29 is 13.2 Å². The molecule has 1 saturated heterocycles. The maximum atomic E-state index is 12.3. The van der Waals surface area contributed by atoms with E-state index in [9.17, 15) is 13.2 Å². The van der Waals surface area contributed by atoms with E-state index in [-0.39, 0.29) is 17.9 Å². The van der Waals surface area contributed by atoms with Gasteiger partial charge in [-0.3, -0.25) is 4.79 Å². The highest BCUT2D eigenvalue weighted by molar-refractivity contribution is 7.86. The summed E-state index contributed by atoms with van der Waals surface area (Å²) in [6.45, 7) is 4.57. The Bertz CT molecular complexity index is 620. The van der Waals surface area contributed by atoms with Crippen molar-refractivity contribution in [3.63, 3.8) is 0 Å². The van der Waals surface area contributed by atoms with Crippen LogP contribution in [0.1, 0.15) is 36.9 Å². The van der Waals surface area contributed by atoms with Crippen LogP contribution in [0.3, 0.4) is 0 Å². The minimum Gasteiger partial charge on any atom is -0.349 e. The van der Waals surface area contributed by atoms with E-state index in [0.29, 0.717) is 25.9 Å². The molecule has 3 N–H and O–H groups in total. The molecule has 122 valence electrons. The van der Waals surface area contributed by atoms with Crippen LogP contribution in [0, 0.1) is 12.8 Å². The molecular weight excluding hydrogens is 302 g/mol. The fraction of sp³-hybridized carbons (Fsp3) is 0.533. The number of carbonyl (C=O) groups is 1. The van der Waals surface area contributed by atoms with E-state index in [1.54, 1.807) is 0 Å². The molecule has 1 fully saturated rings. The molecule has 1 aromatic carbocycles. The summed E-state index contributed by atoms with van der Waals surface area (Å²) in [6, 6.07) is 7.98. The van der Waals surface area contributed by atoms with E-state index in [1.807, 2.05) is 38.1 Å². The van der Waals surface area contributed by atoms with Crippen LogP contribution >= 0.6 is 0 Å². The van der Waals surface area contributed by atoms with Gasteiger partial charge in [0.05, 0.1) is 6.04 Å². The molecule has 0 unspecified atom stereocenters. The lowest BCUT2D eigenvalue weighted by atomic mass is 9.96. The Labute approximate surface area is 131 Å². The Morgan fingerprint density at radius 3 is 2.32 bits per heavy atom. The molecule has 1 atom stereocenters. The number of piperidine rings is 1. The van der Waals surface area contributed by atoms with Crippen LogP contribution < -0.4 is 10.5 Å². The smallest absolute Gasteiger partial charge is 0.276 e. The number of hydrogen-bond acceptors (Lipinski definition) is 3. The van der Waals surface area contributed by atoms with Crippen molar-refractivity contribution in [3.05, 3.63) is 35.4 Å². The van der Waals surface area contributed by atoms with Crippen LogP contribution in [0.2, 0.25) is 0 Å². The molecule has 0 spiro atoms. The fourth-order valence-electron chi connectivity index (χ4n) is 2.64. The largest absolute Gasteiger partial charge is 0.349 e. The molecule has 0 radical (unpaired) electrons. The average Bonchev–Trinajstić information content (AvgIpc) is 2.47. The summed E-state index contributed by atoms with van der Waals surface area (Å²) in [5, 5.41) is 8.10. The van der Waals surface area contributed by atoms with Crippen molar-refractivity contribution in [2.45, 2.75) is 32.7 Å². The average molecular weight is 325 g/mol. The van der Waals surface area contributed by atoms with Gasteiger partial charge in [-0.1, -0.05) is 29.8 Å². The molecular formula is C15H23N3O3S. The third kappa shape index (κ3) is 4.28. The Hall–Kier alpha value is -1.44. The zero-order valence-electron chi connectivity index (χ0n) is 13.0. The highest BCUT2D eigenvalue weighted by atomic mass is 32.2. The summed E-state index contributed by atoms with van der Waals surface area (Å²) in [6.07, 6.45) is 1.01. The van der Waals surface area contributed by atoms with E-state index in [2.05, 4.69) is 5.32 Å². The van der Waals surface area contributed by atoms with Crippen LogP contribution in [-0.4, -0.2) is 31.7 Å². The van der Waals surface area contributed by atoms with Gasteiger partial charge in [0.25, 0.3) is 10.2 Å². The molecule has 0 aromatic heterocycles. The maximum absolute atomic E-state index is 12.3. The lowest BCUT2D eigenvalue weighted by molar-refractivity contribution is -0.126. The van der Waals surface area contributed by atoms with Crippen molar-refractivity contribution >= 4 is 16.1 Å². The number of amides is 1. The predicted octanol–water partition coefficient (Wildman–Crippen LogP) is 1.09. The highest BCUT2D eigenvalue weighted by Crippen LogP contribution is 2.20. The molecule has 1 aliphatic rings. The summed E-state index contributed by atoms with van der Waals surface area (Å²) in [4.78, 5) is 12.3. The van der Waals surface area contributed by atoms with Crippen molar-refractivity contribution in [2.75, 3.05) is 13.1 Å². The molecule has 1 amide bonds. The van der Waals surface area contributed by atoms with Gasteiger partial charge < -0.3 is 5.32 Å². The second-order valence-electron chi connectivity index (χ2n) is 5.86. The van der Waals surface area contributed by atoms with E-state index in [0.717, 1.165) is 5.56 Å². The van der Waals surface area contributed by atoms with Crippen molar-refractivity contribution in [1.29, 1.82) is 0 Å². The van der Waals surface area contributed by atoms with Crippen molar-refractivity contribution in [3.8, 4) is 0 Å². The van der Waals surface area contributed by atoms with E-state index >= 15 is 0 Å². The van der Waals surface area contributed by atoms with Gasteiger partial charge in [0, 0.05) is 19.0 Å². The van der Waals surface area contributed by atoms with Crippen LogP contribution in [0.5, 0.6) is 0 Å². The lowest BCUT2D eigenvalue weighted by Crippen LogP contribution is -2.45. The third-order valence-electron chi connectivity index (χ3n) is 4.12. The minimum atomic E-state index is -3.64. The summed E-state index contributed by atoms with van der Waals surface area (Å²) in [5.41, 5.74) is 2.23. The third-order valence-corrected chi connectivity index (χ3v) is 5.21. The molecule has 1 aliphatic heterocycles. The molecule has 6 nitrogen and oxygen atoms in total. The number of aryl methyl sites for hydroxylation is 1. The summed E-state index contributed by atoms with van der Waals surface area (Å²) < 4.78 is 23.7. The first kappa shape index (κ1) is 16.9. The maximum Gasteiger partial charge on any atom is 0.276 e. The molecule has 0 saturated carbocycles. The lowest BCUT2D eigenvalue weighted by Gasteiger charge is -2.29. The normalized spacial score (nSPS) is 18.9. The number of nitrogens with one attached hydrogen (secondary N) is 1. The predicted molar refractivity (Wildman–Crippen MR) is 85.1 cm³/mol. The Balaban J connectivity index is 1.89. The number of hydrogen-bond donors (Lipinski definition) is 2. The van der Waals surface area contributed by atoms with Gasteiger partial charge in [-0.15, -0.1) is 0 Å². The second-order valence-corrected chi connectivity index (χ2v) is 7.41. The van der Waals surface area contributed by atoms with Crippen LogP contribution in [0.4, 0.5) is 0 Å². The second kappa shape index (κ2) is 6.76. The van der Waals surface area contributed by atoms with Crippen LogP contribution in [0.15, 0.2) is 24.3 Å². The van der Waals surface area contributed by atoms with Crippen molar-refractivity contribution in [2.24, 2.45) is 11.1 Å². The fourth-order valence-corrected chi connectivity index (χ4v) is 3.36. The van der Waals surface area contributed by atoms with Gasteiger partial charge in [0.15, 0.2) is 0 Å². The highest BCUT2D eigenvalue weighted by Gasteiger charge is 2.29. The monoisotopic (exact) mass is 325 g/mol. The Morgan fingerprint density at radius 1 is 1.27 bits per heavy atom. The van der Waals surface area contributed by atoms with Crippen LogP contribution in [-0.2, 0) is 15.0 Å². The van der Waals surface area contributed by atoms with Crippen LogP contribution in [0.25, 0.3) is 0 Å². The van der Waals surface area contributed by atoms with Crippen molar-refractivity contribution in [1.82, 2.24) is 9.62 Å². The number of carbonyl (C=O) groups excluding carboxylic acids is 1. The van der Waals surface area contributed by atoms with Gasteiger partial charge >= 0.3 is 0 Å². The topological polar surface area (TPSA) is 92.5 Å². The molecule has 22 heavy (non-hydrogen) atoms. The molecule has 0 bridgehead atoms. The first-order valence-corrected chi connectivity index (χ1v) is 8.92. The van der Waals surface area contributed by atoms with Gasteiger partial charge in [-0.2, -0.15) is 12.7 Å². The Kier molecular flexibility index (Phi) is 5.20. The zero-order valence-corrected chi connectivity index (χ0v) is 13.8. The van der Waals surface area contributed by atoms with Gasteiger partial charge in [-0.05, 0) is 32.3 Å². The minimum absolute atomic E-state index is 0.0258. The Morgan fingerprint density at radius 2 is 1.82 bits per heavy atom. The molecule has 7 heteroatoms. The number of nitrogens with two attached hydrogens (primary N) is 1. The first-order chi connectivity index (χ1) is 10.3. The van der Waals surface area contributed by atoms with Gasteiger partial charge in [-0.25, -0.2) is 5.14 Å². The molecule has 1 aromatic rings. The van der Waals surface area contributed by atoms with Gasteiger partial charge in [0.1, 0.15) is 0 Å². The van der Waals surface area contributed by atoms with E-state index < -0.39 is 10.2 Å². The number of benzene rings is 1.